The van der Waals surface area contributed by atoms with Gasteiger partial charge in [0.05, 0.1) is 12.1 Å². The molecule has 0 saturated heterocycles. The number of alkyl halides is 2. The summed E-state index contributed by atoms with van der Waals surface area (Å²) >= 11 is 0. The lowest BCUT2D eigenvalue weighted by molar-refractivity contribution is -0.129. The third kappa shape index (κ3) is 6.10. The number of benzene rings is 1. The predicted molar refractivity (Wildman–Crippen MR) is 119 cm³/mol. The molecule has 2 heterocycles. The summed E-state index contributed by atoms with van der Waals surface area (Å²) in [6.45, 7) is -0.812. The summed E-state index contributed by atoms with van der Waals surface area (Å²) in [6, 6.07) is 7.90. The van der Waals surface area contributed by atoms with E-state index in [0.29, 0.717) is 42.6 Å². The number of rotatable bonds is 10. The third-order valence-corrected chi connectivity index (χ3v) is 6.10. The van der Waals surface area contributed by atoms with Crippen molar-refractivity contribution < 1.29 is 23.0 Å². The number of hydrogen-bond acceptors (Lipinski definition) is 7. The molecule has 4 rings (SSSR count). The molecule has 1 aromatic heterocycles. The number of fused-ring (bicyclic) bond motifs is 1. The number of carbonyl (C=O) groups excluding carboxylic acids is 1. The summed E-state index contributed by atoms with van der Waals surface area (Å²) < 4.78 is 35.1. The Morgan fingerprint density at radius 3 is 2.74 bits per heavy atom. The molecule has 2 N–H and O–H groups in total. The highest BCUT2D eigenvalue weighted by atomic mass is 19.3. The third-order valence-electron chi connectivity index (χ3n) is 6.10. The summed E-state index contributed by atoms with van der Waals surface area (Å²) in [6.07, 6.45) is 5.07. The van der Waals surface area contributed by atoms with Crippen LogP contribution in [0.2, 0.25) is 0 Å². The van der Waals surface area contributed by atoms with Gasteiger partial charge in [0.2, 0.25) is 11.8 Å². The predicted octanol–water partition coefficient (Wildman–Crippen LogP) is 4.14. The summed E-state index contributed by atoms with van der Waals surface area (Å²) in [7, 11) is 0. The Hall–Kier alpha value is -3.48. The fourth-order valence-electron chi connectivity index (χ4n) is 3.99. The van der Waals surface area contributed by atoms with Crippen LogP contribution in [-0.4, -0.2) is 34.6 Å². The van der Waals surface area contributed by atoms with Crippen LogP contribution in [0.5, 0.6) is 11.6 Å². The molecule has 0 radical (unpaired) electrons. The number of aromatic nitrogens is 2. The monoisotopic (exact) mass is 471 g/mol. The van der Waals surface area contributed by atoms with E-state index in [9.17, 15) is 13.6 Å². The lowest BCUT2D eigenvalue weighted by Crippen LogP contribution is -2.42. The minimum Gasteiger partial charge on any atom is -0.464 e. The SMILES string of the molecule is C[C@@H](Nc1ncc2c(n1)O[C@@H](C(=O)N[C@H](CCC#N)c1ccc(OC(F)F)cc1)CC2)C1CC1. The number of halogens is 2. The molecular formula is C24H27F2N5O3. The lowest BCUT2D eigenvalue weighted by atomic mass is 10.0. The summed E-state index contributed by atoms with van der Waals surface area (Å²) in [4.78, 5) is 21.9. The highest BCUT2D eigenvalue weighted by Crippen LogP contribution is 2.34. The Labute approximate surface area is 196 Å². The molecule has 1 aliphatic heterocycles. The van der Waals surface area contributed by atoms with E-state index in [4.69, 9.17) is 10.00 Å². The van der Waals surface area contributed by atoms with Crippen LogP contribution in [0.25, 0.3) is 0 Å². The van der Waals surface area contributed by atoms with Gasteiger partial charge in [-0.2, -0.15) is 19.0 Å². The van der Waals surface area contributed by atoms with Crippen LogP contribution in [0.1, 0.15) is 56.2 Å². The van der Waals surface area contributed by atoms with Crippen LogP contribution in [0, 0.1) is 17.2 Å². The Morgan fingerprint density at radius 2 is 2.06 bits per heavy atom. The van der Waals surface area contributed by atoms with Gasteiger partial charge in [-0.1, -0.05) is 12.1 Å². The molecule has 1 aromatic carbocycles. The van der Waals surface area contributed by atoms with E-state index in [0.717, 1.165) is 5.56 Å². The zero-order chi connectivity index (χ0) is 24.1. The van der Waals surface area contributed by atoms with Crippen molar-refractivity contribution in [2.24, 2.45) is 5.92 Å². The van der Waals surface area contributed by atoms with Crippen molar-refractivity contribution >= 4 is 11.9 Å². The summed E-state index contributed by atoms with van der Waals surface area (Å²) in [5.74, 6) is 1.23. The van der Waals surface area contributed by atoms with Crippen LogP contribution >= 0.6 is 0 Å². The van der Waals surface area contributed by atoms with Gasteiger partial charge >= 0.3 is 6.61 Å². The zero-order valence-electron chi connectivity index (χ0n) is 18.8. The second-order valence-electron chi connectivity index (χ2n) is 8.65. The Morgan fingerprint density at radius 1 is 1.29 bits per heavy atom. The molecule has 0 bridgehead atoms. The van der Waals surface area contributed by atoms with Gasteiger partial charge in [-0.3, -0.25) is 4.79 Å². The zero-order valence-corrected chi connectivity index (χ0v) is 18.8. The van der Waals surface area contributed by atoms with E-state index < -0.39 is 18.8 Å². The standard InChI is InChI=1S/C24H27F2N5O3/c1-14(15-4-5-15)29-24-28-13-17-8-11-20(34-22(17)31-24)21(32)30-19(3-2-12-27)16-6-9-18(10-7-16)33-23(25)26/h6-7,9-10,13-15,19-20,23H,2-5,8,11H2,1H3,(H,30,32)(H,28,29,31)/t14-,19-,20-/m1/s1. The number of anilines is 1. The van der Waals surface area contributed by atoms with Crippen molar-refractivity contribution in [1.82, 2.24) is 15.3 Å². The van der Waals surface area contributed by atoms with Gasteiger partial charge in [0.25, 0.3) is 5.91 Å². The second-order valence-corrected chi connectivity index (χ2v) is 8.65. The first-order valence-electron chi connectivity index (χ1n) is 11.4. The molecule has 0 spiro atoms. The van der Waals surface area contributed by atoms with Crippen molar-refractivity contribution in [3.8, 4) is 17.7 Å². The van der Waals surface area contributed by atoms with Gasteiger partial charge in [-0.15, -0.1) is 0 Å². The quantitative estimate of drug-likeness (QED) is 0.536. The molecule has 1 aliphatic carbocycles. The van der Waals surface area contributed by atoms with Crippen molar-refractivity contribution in [2.45, 2.75) is 70.2 Å². The van der Waals surface area contributed by atoms with Crippen LogP contribution in [-0.2, 0) is 11.2 Å². The molecule has 180 valence electrons. The van der Waals surface area contributed by atoms with Gasteiger partial charge in [0, 0.05) is 24.2 Å². The van der Waals surface area contributed by atoms with E-state index in [1.54, 1.807) is 18.3 Å². The van der Waals surface area contributed by atoms with Gasteiger partial charge in [-0.05, 0) is 62.6 Å². The first-order chi connectivity index (χ1) is 16.4. The molecule has 2 aliphatic rings. The van der Waals surface area contributed by atoms with E-state index >= 15 is 0 Å². The first-order valence-corrected chi connectivity index (χ1v) is 11.4. The van der Waals surface area contributed by atoms with E-state index in [1.807, 2.05) is 0 Å². The maximum atomic E-state index is 13.0. The molecular weight excluding hydrogens is 444 g/mol. The molecule has 10 heteroatoms. The Bertz CT molecular complexity index is 1040. The molecule has 1 saturated carbocycles. The van der Waals surface area contributed by atoms with E-state index in [-0.39, 0.29) is 24.1 Å². The second kappa shape index (κ2) is 10.6. The largest absolute Gasteiger partial charge is 0.464 e. The number of amides is 1. The van der Waals surface area contributed by atoms with Crippen LogP contribution in [0.4, 0.5) is 14.7 Å². The van der Waals surface area contributed by atoms with Crippen LogP contribution in [0.3, 0.4) is 0 Å². The average Bonchev–Trinajstić information content (AvgIpc) is 3.67. The maximum absolute atomic E-state index is 13.0. The number of carbonyl (C=O) groups is 1. The topological polar surface area (TPSA) is 109 Å². The Kier molecular flexibility index (Phi) is 7.40. The minimum absolute atomic E-state index is 0.0245. The van der Waals surface area contributed by atoms with Crippen molar-refractivity contribution in [3.63, 3.8) is 0 Å². The number of aryl methyl sites for hydroxylation is 1. The Balaban J connectivity index is 1.41. The molecule has 1 amide bonds. The fourth-order valence-corrected chi connectivity index (χ4v) is 3.99. The number of nitrogens with zero attached hydrogens (tertiary/aromatic N) is 3. The maximum Gasteiger partial charge on any atom is 0.387 e. The number of nitrogens with one attached hydrogen (secondary N) is 2. The van der Waals surface area contributed by atoms with Gasteiger partial charge in [0.1, 0.15) is 5.75 Å². The molecule has 3 atom stereocenters. The minimum atomic E-state index is -2.91. The van der Waals surface area contributed by atoms with Gasteiger partial charge in [0.15, 0.2) is 6.10 Å². The van der Waals surface area contributed by atoms with Gasteiger partial charge in [-0.25, -0.2) is 4.98 Å². The first kappa shape index (κ1) is 23.7. The average molecular weight is 472 g/mol. The number of nitriles is 1. The highest BCUT2D eigenvalue weighted by Gasteiger charge is 2.31. The summed E-state index contributed by atoms with van der Waals surface area (Å²) in [5.41, 5.74) is 1.54. The van der Waals surface area contributed by atoms with Crippen molar-refractivity contribution in [3.05, 3.63) is 41.6 Å². The smallest absolute Gasteiger partial charge is 0.387 e. The summed E-state index contributed by atoms with van der Waals surface area (Å²) in [5, 5.41) is 15.2. The lowest BCUT2D eigenvalue weighted by Gasteiger charge is -2.27. The van der Waals surface area contributed by atoms with Crippen molar-refractivity contribution in [1.29, 1.82) is 5.26 Å². The van der Waals surface area contributed by atoms with E-state index in [2.05, 4.69) is 38.3 Å². The van der Waals surface area contributed by atoms with E-state index in [1.165, 1.54) is 25.0 Å². The molecule has 1 fully saturated rings. The van der Waals surface area contributed by atoms with Gasteiger partial charge < -0.3 is 20.1 Å². The fraction of sp³-hybridized carbons (Fsp3) is 0.500. The van der Waals surface area contributed by atoms with Crippen molar-refractivity contribution in [2.75, 3.05) is 5.32 Å². The molecule has 2 aromatic rings. The molecule has 34 heavy (non-hydrogen) atoms. The van der Waals surface area contributed by atoms with Crippen LogP contribution < -0.4 is 20.1 Å². The number of hydrogen-bond donors (Lipinski definition) is 2. The highest BCUT2D eigenvalue weighted by molar-refractivity contribution is 5.82. The molecule has 0 unspecified atom stereocenters. The normalized spacial score (nSPS) is 18.7. The molecule has 8 nitrogen and oxygen atoms in total. The number of ether oxygens (including phenoxy) is 2. The van der Waals surface area contributed by atoms with Crippen LogP contribution in [0.15, 0.2) is 30.5 Å².